The van der Waals surface area contributed by atoms with E-state index in [1.54, 1.807) is 20.3 Å². The molecule has 1 aromatic carbocycles. The molecule has 0 amide bonds. The smallest absolute Gasteiger partial charge is 0.165 e. The third-order valence-electron chi connectivity index (χ3n) is 4.60. The van der Waals surface area contributed by atoms with Crippen LogP contribution in [0.15, 0.2) is 42.2 Å². The topological polar surface area (TPSA) is 57.2 Å². The number of hydrogen-bond acceptors (Lipinski definition) is 5. The van der Waals surface area contributed by atoms with E-state index in [-0.39, 0.29) is 18.6 Å². The minimum atomic E-state index is -1.14. The maximum Gasteiger partial charge on any atom is 0.165 e. The molecule has 1 aromatic rings. The van der Waals surface area contributed by atoms with Crippen LogP contribution in [0.1, 0.15) is 5.56 Å². The lowest BCUT2D eigenvalue weighted by atomic mass is 9.79. The van der Waals surface area contributed by atoms with Gasteiger partial charge in [0.1, 0.15) is 30.0 Å². The van der Waals surface area contributed by atoms with Gasteiger partial charge in [-0.2, -0.15) is 0 Å². The first-order valence-electron chi connectivity index (χ1n) is 7.29. The average Bonchev–Trinajstić information content (AvgIpc) is 2.86. The molecule has 2 aliphatic heterocycles. The summed E-state index contributed by atoms with van der Waals surface area (Å²) in [4.78, 5) is 0. The summed E-state index contributed by atoms with van der Waals surface area (Å²) in [6, 6.07) is 5.47. The summed E-state index contributed by atoms with van der Waals surface area (Å²) in [5.74, 6) is 2.03. The van der Waals surface area contributed by atoms with E-state index in [0.29, 0.717) is 11.5 Å². The summed E-state index contributed by atoms with van der Waals surface area (Å²) in [5.41, 5.74) is -0.395. The maximum atomic E-state index is 11.1. The van der Waals surface area contributed by atoms with E-state index in [0.717, 1.165) is 11.3 Å². The lowest BCUT2D eigenvalue weighted by Gasteiger charge is -2.40. The molecule has 22 heavy (non-hydrogen) atoms. The van der Waals surface area contributed by atoms with E-state index >= 15 is 0 Å². The number of hydrogen-bond donors (Lipinski definition) is 1. The highest BCUT2D eigenvalue weighted by Crippen LogP contribution is 2.50. The van der Waals surface area contributed by atoms with Crippen molar-refractivity contribution in [1.29, 1.82) is 0 Å². The third-order valence-corrected chi connectivity index (χ3v) is 4.60. The van der Waals surface area contributed by atoms with E-state index in [1.807, 2.05) is 30.4 Å². The second-order valence-corrected chi connectivity index (χ2v) is 5.79. The van der Waals surface area contributed by atoms with Gasteiger partial charge in [-0.05, 0) is 18.2 Å². The minimum absolute atomic E-state index is 0.0960. The van der Waals surface area contributed by atoms with E-state index in [1.165, 1.54) is 0 Å². The molecule has 3 aliphatic rings. The van der Waals surface area contributed by atoms with Gasteiger partial charge in [0.25, 0.3) is 0 Å². The molecule has 4 rings (SSSR count). The van der Waals surface area contributed by atoms with Crippen LogP contribution >= 0.6 is 0 Å². The van der Waals surface area contributed by atoms with Crippen LogP contribution in [0.25, 0.3) is 0 Å². The predicted octanol–water partition coefficient (Wildman–Crippen LogP) is 1.76. The van der Waals surface area contributed by atoms with Crippen molar-refractivity contribution in [2.45, 2.75) is 17.8 Å². The van der Waals surface area contributed by atoms with E-state index in [4.69, 9.17) is 18.9 Å². The van der Waals surface area contributed by atoms with Crippen LogP contribution < -0.4 is 9.47 Å². The molecule has 5 heteroatoms. The quantitative estimate of drug-likeness (QED) is 0.844. The Morgan fingerprint density at radius 3 is 2.91 bits per heavy atom. The van der Waals surface area contributed by atoms with E-state index < -0.39 is 11.7 Å². The van der Waals surface area contributed by atoms with Crippen molar-refractivity contribution in [3.63, 3.8) is 0 Å². The van der Waals surface area contributed by atoms with Crippen LogP contribution in [-0.2, 0) is 15.1 Å². The Bertz CT molecular complexity index is 665. The first-order chi connectivity index (χ1) is 10.7. The zero-order valence-corrected chi connectivity index (χ0v) is 12.5. The molecule has 1 N–H and O–H groups in total. The molecule has 4 atom stereocenters. The zero-order valence-electron chi connectivity index (χ0n) is 12.5. The Balaban J connectivity index is 1.72. The van der Waals surface area contributed by atoms with Gasteiger partial charge in [0, 0.05) is 18.7 Å². The Morgan fingerprint density at radius 2 is 2.14 bits per heavy atom. The number of methoxy groups -OCH3 is 2. The summed E-state index contributed by atoms with van der Waals surface area (Å²) in [6.45, 7) is 0.170. The summed E-state index contributed by atoms with van der Waals surface area (Å²) in [6.07, 6.45) is 5.37. The van der Waals surface area contributed by atoms with Crippen LogP contribution in [0, 0.1) is 5.92 Å². The van der Waals surface area contributed by atoms with E-state index in [9.17, 15) is 5.11 Å². The molecule has 2 heterocycles. The summed E-state index contributed by atoms with van der Waals surface area (Å²) in [7, 11) is 3.26. The van der Waals surface area contributed by atoms with Crippen molar-refractivity contribution in [2.75, 3.05) is 20.8 Å². The molecule has 5 nitrogen and oxygen atoms in total. The second-order valence-electron chi connectivity index (χ2n) is 5.79. The lowest BCUT2D eigenvalue weighted by Crippen LogP contribution is -2.51. The normalized spacial score (nSPS) is 34.7. The van der Waals surface area contributed by atoms with Crippen molar-refractivity contribution in [2.24, 2.45) is 5.92 Å². The highest BCUT2D eigenvalue weighted by Gasteiger charge is 2.56. The van der Waals surface area contributed by atoms with Gasteiger partial charge < -0.3 is 24.1 Å². The highest BCUT2D eigenvalue weighted by atomic mass is 16.6. The van der Waals surface area contributed by atoms with Crippen LogP contribution in [-0.4, -0.2) is 38.1 Å². The van der Waals surface area contributed by atoms with Crippen molar-refractivity contribution in [3.05, 3.63) is 47.7 Å². The average molecular weight is 302 g/mol. The Morgan fingerprint density at radius 1 is 1.27 bits per heavy atom. The van der Waals surface area contributed by atoms with Crippen LogP contribution in [0.5, 0.6) is 11.5 Å². The molecular weight excluding hydrogens is 284 g/mol. The standard InChI is InChI=1S/C17H18O5/c1-19-10-3-5-12-14(7-10)21-9-17(18)13-6-4-11(20-2)8-15(13)22-16(12)17/h3-8,10,12,16,18H,9H2,1-2H3/t10-,12-,16-,17-/m0/s1. The Hall–Kier alpha value is -1.98. The van der Waals surface area contributed by atoms with Crippen LogP contribution in [0.2, 0.25) is 0 Å². The highest BCUT2D eigenvalue weighted by molar-refractivity contribution is 5.49. The van der Waals surface area contributed by atoms with Gasteiger partial charge in [0.05, 0.1) is 19.1 Å². The largest absolute Gasteiger partial charge is 0.497 e. The van der Waals surface area contributed by atoms with Gasteiger partial charge in [0.15, 0.2) is 5.60 Å². The molecule has 0 radical (unpaired) electrons. The van der Waals surface area contributed by atoms with Gasteiger partial charge in [0.2, 0.25) is 0 Å². The molecule has 1 aliphatic carbocycles. The molecule has 0 bridgehead atoms. The van der Waals surface area contributed by atoms with E-state index in [2.05, 4.69) is 0 Å². The van der Waals surface area contributed by atoms with Crippen molar-refractivity contribution >= 4 is 0 Å². The molecule has 1 saturated heterocycles. The maximum absolute atomic E-state index is 11.1. The predicted molar refractivity (Wildman–Crippen MR) is 78.8 cm³/mol. The van der Waals surface area contributed by atoms with Gasteiger partial charge in [-0.15, -0.1) is 0 Å². The zero-order chi connectivity index (χ0) is 15.3. The summed E-state index contributed by atoms with van der Waals surface area (Å²) < 4.78 is 22.4. The van der Waals surface area contributed by atoms with Crippen LogP contribution in [0.4, 0.5) is 0 Å². The second kappa shape index (κ2) is 4.76. The van der Waals surface area contributed by atoms with Crippen LogP contribution in [0.3, 0.4) is 0 Å². The SMILES string of the molecule is COc1ccc2c(c1)O[C@H]1[C@H]3C=C[C@H](OC)C=C3OC[C@]21O. The number of rotatable bonds is 2. The van der Waals surface area contributed by atoms with Crippen molar-refractivity contribution < 1.29 is 24.1 Å². The molecule has 0 saturated carbocycles. The Labute approximate surface area is 128 Å². The van der Waals surface area contributed by atoms with Gasteiger partial charge in [-0.3, -0.25) is 0 Å². The number of fused-ring (bicyclic) bond motifs is 5. The monoisotopic (exact) mass is 302 g/mol. The number of ether oxygens (including phenoxy) is 4. The molecule has 0 unspecified atom stereocenters. The summed E-state index contributed by atoms with van der Waals surface area (Å²) in [5, 5.41) is 11.1. The molecule has 1 fully saturated rings. The minimum Gasteiger partial charge on any atom is -0.497 e. The number of aliphatic hydroxyl groups is 1. The molecule has 116 valence electrons. The lowest BCUT2D eigenvalue weighted by molar-refractivity contribution is -0.131. The third kappa shape index (κ3) is 1.79. The van der Waals surface area contributed by atoms with Crippen molar-refractivity contribution in [3.8, 4) is 11.5 Å². The Kier molecular flexibility index (Phi) is 2.96. The summed E-state index contributed by atoms with van der Waals surface area (Å²) >= 11 is 0. The fraction of sp³-hybridized carbons (Fsp3) is 0.412. The fourth-order valence-electron chi connectivity index (χ4n) is 3.39. The molecular formula is C17H18O5. The first-order valence-corrected chi connectivity index (χ1v) is 7.29. The molecule has 0 spiro atoms. The molecule has 0 aromatic heterocycles. The van der Waals surface area contributed by atoms with Gasteiger partial charge >= 0.3 is 0 Å². The van der Waals surface area contributed by atoms with Gasteiger partial charge in [-0.1, -0.05) is 12.2 Å². The fourth-order valence-corrected chi connectivity index (χ4v) is 3.39. The van der Waals surface area contributed by atoms with Gasteiger partial charge in [-0.25, -0.2) is 0 Å². The van der Waals surface area contributed by atoms with Crippen molar-refractivity contribution in [1.82, 2.24) is 0 Å². The number of benzene rings is 1. The first kappa shape index (κ1) is 13.7.